The quantitative estimate of drug-likeness (QED) is 0.779. The summed E-state index contributed by atoms with van der Waals surface area (Å²) in [6, 6.07) is 1.91. The first kappa shape index (κ1) is 12.5. The molecule has 0 N–H and O–H groups in total. The van der Waals surface area contributed by atoms with Crippen LogP contribution in [0.2, 0.25) is 0 Å². The molecule has 1 aliphatic rings. The number of hydrogen-bond donors (Lipinski definition) is 0. The van der Waals surface area contributed by atoms with Gasteiger partial charge in [0.25, 0.3) is 0 Å². The van der Waals surface area contributed by atoms with Gasteiger partial charge in [-0.25, -0.2) is 9.59 Å². The number of rotatable bonds is 2. The molecule has 0 aromatic carbocycles. The molecule has 1 aromatic heterocycles. The number of carbonyl (C=O) groups excluding carboxylic acids is 2. The average molecular weight is 288 g/mol. The molecule has 0 bridgehead atoms. The number of thiophene rings is 1. The van der Waals surface area contributed by atoms with E-state index in [0.717, 1.165) is 9.10 Å². The minimum Gasteiger partial charge on any atom is -0.465 e. The maximum absolute atomic E-state index is 11.6. The van der Waals surface area contributed by atoms with Crippen molar-refractivity contribution in [3.05, 3.63) is 21.3 Å². The van der Waals surface area contributed by atoms with Crippen molar-refractivity contribution in [3.63, 3.8) is 0 Å². The molecule has 0 radical (unpaired) electrons. The molecule has 17 heavy (non-hydrogen) atoms. The Balaban J connectivity index is 2.42. The minimum atomic E-state index is -0.514. The van der Waals surface area contributed by atoms with Gasteiger partial charge in [-0.3, -0.25) is 0 Å². The highest BCUT2D eigenvalue weighted by molar-refractivity contribution is 8.11. The monoisotopic (exact) mass is 288 g/mol. The van der Waals surface area contributed by atoms with E-state index in [-0.39, 0.29) is 4.91 Å². The van der Waals surface area contributed by atoms with E-state index >= 15 is 0 Å². The number of fused-ring (bicyclic) bond motifs is 1. The van der Waals surface area contributed by atoms with Crippen LogP contribution in [-0.2, 0) is 19.1 Å². The first-order valence-electron chi connectivity index (χ1n) is 4.51. The molecular weight excluding hydrogens is 280 g/mol. The zero-order valence-corrected chi connectivity index (χ0v) is 11.5. The maximum atomic E-state index is 11.6. The molecular formula is C10H8O4S3. The molecule has 2 heterocycles. The van der Waals surface area contributed by atoms with E-state index in [9.17, 15) is 9.59 Å². The van der Waals surface area contributed by atoms with Gasteiger partial charge in [-0.1, -0.05) is 23.5 Å². The number of ether oxygens (including phenoxy) is 2. The lowest BCUT2D eigenvalue weighted by Gasteiger charge is -2.15. The summed E-state index contributed by atoms with van der Waals surface area (Å²) >= 11 is 4.02. The molecule has 7 heteroatoms. The van der Waals surface area contributed by atoms with E-state index in [1.54, 1.807) is 0 Å². The fraction of sp³-hybridized carbons (Fsp3) is 0.200. The SMILES string of the molecule is COC(=O)C1=C(C(=O)OC)Sc2sccc2S1. The second-order valence-electron chi connectivity index (χ2n) is 2.92. The molecule has 0 amide bonds. The highest BCUT2D eigenvalue weighted by Gasteiger charge is 2.30. The Hall–Kier alpha value is -0.920. The summed E-state index contributed by atoms with van der Waals surface area (Å²) in [5.41, 5.74) is 0. The number of hydrogen-bond acceptors (Lipinski definition) is 7. The Bertz CT molecular complexity index is 461. The van der Waals surface area contributed by atoms with Crippen LogP contribution in [0.15, 0.2) is 30.4 Å². The summed E-state index contributed by atoms with van der Waals surface area (Å²) in [6.45, 7) is 0. The average Bonchev–Trinajstić information content (AvgIpc) is 2.82. The van der Waals surface area contributed by atoms with Gasteiger partial charge in [-0.15, -0.1) is 11.3 Å². The van der Waals surface area contributed by atoms with Gasteiger partial charge < -0.3 is 9.47 Å². The van der Waals surface area contributed by atoms with Crippen LogP contribution >= 0.6 is 34.9 Å². The van der Waals surface area contributed by atoms with E-state index in [0.29, 0.717) is 4.91 Å². The van der Waals surface area contributed by atoms with Gasteiger partial charge in [0.15, 0.2) is 0 Å². The molecule has 90 valence electrons. The van der Waals surface area contributed by atoms with Crippen LogP contribution in [0.4, 0.5) is 0 Å². The van der Waals surface area contributed by atoms with Crippen molar-refractivity contribution < 1.29 is 19.1 Å². The highest BCUT2D eigenvalue weighted by atomic mass is 32.2. The van der Waals surface area contributed by atoms with Crippen LogP contribution in [0, 0.1) is 0 Å². The molecule has 0 unspecified atom stereocenters. The van der Waals surface area contributed by atoms with Gasteiger partial charge in [0.2, 0.25) is 0 Å². The summed E-state index contributed by atoms with van der Waals surface area (Å²) in [6.07, 6.45) is 0. The van der Waals surface area contributed by atoms with Crippen LogP contribution in [-0.4, -0.2) is 26.2 Å². The first-order valence-corrected chi connectivity index (χ1v) is 7.02. The second kappa shape index (κ2) is 5.16. The third-order valence-electron chi connectivity index (χ3n) is 1.95. The summed E-state index contributed by atoms with van der Waals surface area (Å²) in [4.78, 5) is 24.8. The van der Waals surface area contributed by atoms with Gasteiger partial charge in [0.05, 0.1) is 18.4 Å². The normalized spacial score (nSPS) is 14.2. The Morgan fingerprint density at radius 2 is 1.65 bits per heavy atom. The van der Waals surface area contributed by atoms with Crippen molar-refractivity contribution in [3.8, 4) is 0 Å². The molecule has 0 spiro atoms. The van der Waals surface area contributed by atoms with E-state index in [1.165, 1.54) is 49.1 Å². The van der Waals surface area contributed by atoms with Crippen LogP contribution in [0.3, 0.4) is 0 Å². The topological polar surface area (TPSA) is 52.6 Å². The smallest absolute Gasteiger partial charge is 0.346 e. The molecule has 1 aliphatic heterocycles. The van der Waals surface area contributed by atoms with Crippen molar-refractivity contribution in [1.29, 1.82) is 0 Å². The lowest BCUT2D eigenvalue weighted by molar-refractivity contribution is -0.138. The van der Waals surface area contributed by atoms with Gasteiger partial charge in [-0.05, 0) is 11.4 Å². The van der Waals surface area contributed by atoms with Crippen LogP contribution in [0.25, 0.3) is 0 Å². The zero-order chi connectivity index (χ0) is 12.4. The lowest BCUT2D eigenvalue weighted by atomic mass is 10.5. The molecule has 4 nitrogen and oxygen atoms in total. The number of thioether (sulfide) groups is 2. The summed E-state index contributed by atoms with van der Waals surface area (Å²) in [7, 11) is 2.58. The van der Waals surface area contributed by atoms with E-state index in [1.807, 2.05) is 11.4 Å². The second-order valence-corrected chi connectivity index (χ2v) is 6.17. The maximum Gasteiger partial charge on any atom is 0.346 e. The Labute approximate surface area is 110 Å². The largest absolute Gasteiger partial charge is 0.465 e. The van der Waals surface area contributed by atoms with Crippen molar-refractivity contribution in [2.24, 2.45) is 0 Å². The first-order chi connectivity index (χ1) is 8.17. The summed E-state index contributed by atoms with van der Waals surface area (Å²) < 4.78 is 10.3. The van der Waals surface area contributed by atoms with Crippen LogP contribution in [0.1, 0.15) is 0 Å². The molecule has 0 aliphatic carbocycles. The third-order valence-corrected chi connectivity index (χ3v) is 5.70. The fourth-order valence-corrected chi connectivity index (χ4v) is 4.64. The predicted molar refractivity (Wildman–Crippen MR) is 67.1 cm³/mol. The Kier molecular flexibility index (Phi) is 3.80. The van der Waals surface area contributed by atoms with E-state index < -0.39 is 11.9 Å². The van der Waals surface area contributed by atoms with Crippen molar-refractivity contribution in [2.75, 3.05) is 14.2 Å². The van der Waals surface area contributed by atoms with Crippen LogP contribution < -0.4 is 0 Å². The van der Waals surface area contributed by atoms with Crippen LogP contribution in [0.5, 0.6) is 0 Å². The molecule has 0 atom stereocenters. The summed E-state index contributed by atoms with van der Waals surface area (Å²) in [5.74, 6) is -1.03. The zero-order valence-electron chi connectivity index (χ0n) is 9.01. The van der Waals surface area contributed by atoms with Gasteiger partial charge in [-0.2, -0.15) is 0 Å². The molecule has 0 fully saturated rings. The van der Waals surface area contributed by atoms with Gasteiger partial charge >= 0.3 is 11.9 Å². The Morgan fingerprint density at radius 3 is 2.24 bits per heavy atom. The molecule has 0 saturated carbocycles. The van der Waals surface area contributed by atoms with Gasteiger partial charge in [0, 0.05) is 4.90 Å². The predicted octanol–water partition coefficient (Wildman–Crippen LogP) is 2.50. The molecule has 1 aromatic rings. The molecule has 0 saturated heterocycles. The van der Waals surface area contributed by atoms with E-state index in [4.69, 9.17) is 0 Å². The third kappa shape index (κ3) is 2.36. The standard InChI is InChI=1S/C10H8O4S3/c1-13-8(11)6-7(9(12)14-2)17-10-5(16-6)3-4-15-10/h3-4H,1-2H3. The number of methoxy groups -OCH3 is 2. The summed E-state index contributed by atoms with van der Waals surface area (Å²) in [5, 5.41) is 1.92. The fourth-order valence-electron chi connectivity index (χ4n) is 1.18. The van der Waals surface area contributed by atoms with Gasteiger partial charge in [0.1, 0.15) is 9.81 Å². The molecule has 2 rings (SSSR count). The van der Waals surface area contributed by atoms with Crippen molar-refractivity contribution in [2.45, 2.75) is 9.10 Å². The van der Waals surface area contributed by atoms with Crippen molar-refractivity contribution >= 4 is 46.8 Å². The van der Waals surface area contributed by atoms with Crippen molar-refractivity contribution in [1.82, 2.24) is 0 Å². The Morgan fingerprint density at radius 1 is 1.06 bits per heavy atom. The highest BCUT2D eigenvalue weighted by Crippen LogP contribution is 2.49. The van der Waals surface area contributed by atoms with E-state index in [2.05, 4.69) is 9.47 Å². The minimum absolute atomic E-state index is 0.287. The number of esters is 2. The number of carbonyl (C=O) groups is 2. The lowest BCUT2D eigenvalue weighted by Crippen LogP contribution is -2.12.